The first-order valence-corrected chi connectivity index (χ1v) is 12.1. The summed E-state index contributed by atoms with van der Waals surface area (Å²) in [5, 5.41) is 1.86. The van der Waals surface area contributed by atoms with Crippen LogP contribution >= 0.6 is 12.4 Å². The van der Waals surface area contributed by atoms with Crippen molar-refractivity contribution < 1.29 is 9.63 Å². The lowest BCUT2D eigenvalue weighted by molar-refractivity contribution is -0.218. The molecule has 1 atom stereocenters. The van der Waals surface area contributed by atoms with Gasteiger partial charge in [0.15, 0.2) is 0 Å². The molecule has 0 aliphatic rings. The quantitative estimate of drug-likeness (QED) is 0.144. The lowest BCUT2D eigenvalue weighted by Gasteiger charge is -2.40. The standard InChI is InChI=1S/C27H45NO2.ClH/c1-7-9-10-11-12-13-14-15-16-19-22-27(6,25-21-18-17-20-24(25)5)28(8-2)30-26(29)23(3)4;/h17-18,20-21H,3,7-16,19,22H2,1-2,4-6H3;1H. The van der Waals surface area contributed by atoms with Crippen molar-refractivity contribution in [2.75, 3.05) is 6.54 Å². The summed E-state index contributed by atoms with van der Waals surface area (Å²) in [5.41, 5.74) is 2.56. The Labute approximate surface area is 198 Å². The van der Waals surface area contributed by atoms with Crippen molar-refractivity contribution in [3.8, 4) is 0 Å². The Hall–Kier alpha value is -1.32. The number of halogens is 1. The maximum absolute atomic E-state index is 12.3. The van der Waals surface area contributed by atoms with Crippen LogP contribution in [-0.4, -0.2) is 17.6 Å². The van der Waals surface area contributed by atoms with Gasteiger partial charge in [0.1, 0.15) is 0 Å². The molecule has 1 aromatic rings. The van der Waals surface area contributed by atoms with Crippen LogP contribution in [0.1, 0.15) is 109 Å². The molecular formula is C27H46ClNO2. The lowest BCUT2D eigenvalue weighted by Crippen LogP contribution is -2.45. The van der Waals surface area contributed by atoms with Gasteiger partial charge in [-0.1, -0.05) is 102 Å². The first-order valence-electron chi connectivity index (χ1n) is 12.1. The lowest BCUT2D eigenvalue weighted by atomic mass is 9.83. The Balaban J connectivity index is 0.00000900. The van der Waals surface area contributed by atoms with Gasteiger partial charge >= 0.3 is 5.97 Å². The highest BCUT2D eigenvalue weighted by Crippen LogP contribution is 2.36. The van der Waals surface area contributed by atoms with Crippen LogP contribution in [0.3, 0.4) is 0 Å². The van der Waals surface area contributed by atoms with Crippen molar-refractivity contribution in [2.24, 2.45) is 0 Å². The largest absolute Gasteiger partial charge is 0.363 e. The molecule has 0 saturated carbocycles. The predicted molar refractivity (Wildman–Crippen MR) is 136 cm³/mol. The van der Waals surface area contributed by atoms with E-state index in [-0.39, 0.29) is 23.9 Å². The molecule has 31 heavy (non-hydrogen) atoms. The van der Waals surface area contributed by atoms with Crippen molar-refractivity contribution in [1.29, 1.82) is 0 Å². The monoisotopic (exact) mass is 451 g/mol. The molecule has 0 bridgehead atoms. The van der Waals surface area contributed by atoms with Gasteiger partial charge in [-0.15, -0.1) is 17.5 Å². The van der Waals surface area contributed by atoms with Crippen molar-refractivity contribution >= 4 is 18.4 Å². The fourth-order valence-electron chi connectivity index (χ4n) is 4.22. The van der Waals surface area contributed by atoms with E-state index in [2.05, 4.69) is 51.6 Å². The predicted octanol–water partition coefficient (Wildman–Crippen LogP) is 8.30. The summed E-state index contributed by atoms with van der Waals surface area (Å²) in [6, 6.07) is 8.45. The maximum atomic E-state index is 12.3. The number of benzene rings is 1. The van der Waals surface area contributed by atoms with E-state index < -0.39 is 0 Å². The summed E-state index contributed by atoms with van der Waals surface area (Å²) in [6.45, 7) is 14.7. The summed E-state index contributed by atoms with van der Waals surface area (Å²) in [6.07, 6.45) is 14.1. The normalized spacial score (nSPS) is 12.8. The second-order valence-corrected chi connectivity index (χ2v) is 8.87. The van der Waals surface area contributed by atoms with Gasteiger partial charge in [0, 0.05) is 12.1 Å². The highest BCUT2D eigenvalue weighted by molar-refractivity contribution is 5.86. The molecule has 0 aromatic heterocycles. The highest BCUT2D eigenvalue weighted by Gasteiger charge is 2.36. The molecule has 1 rings (SSSR count). The van der Waals surface area contributed by atoms with Crippen molar-refractivity contribution in [2.45, 2.75) is 111 Å². The Bertz CT molecular complexity index is 646. The number of carbonyl (C=O) groups excluding carboxylic acids is 1. The summed E-state index contributed by atoms with van der Waals surface area (Å²) >= 11 is 0. The summed E-state index contributed by atoms with van der Waals surface area (Å²) in [7, 11) is 0. The minimum Gasteiger partial charge on any atom is -0.363 e. The molecule has 1 aromatic carbocycles. The van der Waals surface area contributed by atoms with Gasteiger partial charge in [0.25, 0.3) is 0 Å². The molecule has 0 aliphatic carbocycles. The number of hydrogen-bond donors (Lipinski definition) is 0. The molecule has 3 nitrogen and oxygen atoms in total. The Kier molecular flexibility index (Phi) is 15.6. The number of aryl methyl sites for hydroxylation is 1. The van der Waals surface area contributed by atoms with E-state index in [0.717, 1.165) is 12.8 Å². The Morgan fingerprint density at radius 1 is 0.968 bits per heavy atom. The average molecular weight is 452 g/mol. The summed E-state index contributed by atoms with van der Waals surface area (Å²) in [4.78, 5) is 18.0. The molecule has 0 fully saturated rings. The molecule has 0 heterocycles. The molecule has 0 aliphatic heterocycles. The van der Waals surface area contributed by atoms with Gasteiger partial charge in [0.05, 0.1) is 5.54 Å². The molecule has 178 valence electrons. The second kappa shape index (κ2) is 16.3. The van der Waals surface area contributed by atoms with Crippen LogP contribution in [0.15, 0.2) is 36.4 Å². The minimum atomic E-state index is -0.347. The number of carbonyl (C=O) groups is 1. The van der Waals surface area contributed by atoms with Gasteiger partial charge in [-0.25, -0.2) is 4.79 Å². The summed E-state index contributed by atoms with van der Waals surface area (Å²) < 4.78 is 0. The van der Waals surface area contributed by atoms with Gasteiger partial charge < -0.3 is 4.84 Å². The smallest absolute Gasteiger partial charge is 0.352 e. The number of unbranched alkanes of at least 4 members (excludes halogenated alkanes) is 9. The molecular weight excluding hydrogens is 406 g/mol. The van der Waals surface area contributed by atoms with Crippen LogP contribution in [0.2, 0.25) is 0 Å². The van der Waals surface area contributed by atoms with E-state index in [4.69, 9.17) is 4.84 Å². The summed E-state index contributed by atoms with van der Waals surface area (Å²) in [5.74, 6) is -0.347. The van der Waals surface area contributed by atoms with E-state index in [1.54, 1.807) is 6.92 Å². The third-order valence-electron chi connectivity index (χ3n) is 6.12. The number of hydrogen-bond acceptors (Lipinski definition) is 3. The second-order valence-electron chi connectivity index (χ2n) is 8.87. The first-order chi connectivity index (χ1) is 14.4. The van der Waals surface area contributed by atoms with Crippen LogP contribution in [0.5, 0.6) is 0 Å². The zero-order chi connectivity index (χ0) is 22.4. The minimum absolute atomic E-state index is 0. The topological polar surface area (TPSA) is 29.5 Å². The molecule has 4 heteroatoms. The molecule has 0 spiro atoms. The van der Waals surface area contributed by atoms with Crippen LogP contribution in [0, 0.1) is 6.92 Å². The van der Waals surface area contributed by atoms with Gasteiger partial charge in [-0.2, -0.15) is 0 Å². The van der Waals surface area contributed by atoms with Crippen LogP contribution in [0.4, 0.5) is 0 Å². The molecule has 1 unspecified atom stereocenters. The van der Waals surface area contributed by atoms with Crippen molar-refractivity contribution in [3.63, 3.8) is 0 Å². The van der Waals surface area contributed by atoms with Gasteiger partial charge in [-0.05, 0) is 45.2 Å². The van der Waals surface area contributed by atoms with Crippen LogP contribution in [0.25, 0.3) is 0 Å². The van der Waals surface area contributed by atoms with E-state index in [0.29, 0.717) is 12.1 Å². The zero-order valence-corrected chi connectivity index (χ0v) is 21.5. The maximum Gasteiger partial charge on any atom is 0.352 e. The number of hydroxylamine groups is 2. The van der Waals surface area contributed by atoms with Gasteiger partial charge in [0.2, 0.25) is 0 Å². The molecule has 0 saturated heterocycles. The van der Waals surface area contributed by atoms with Crippen LogP contribution in [-0.2, 0) is 15.2 Å². The highest BCUT2D eigenvalue weighted by atomic mass is 35.5. The van der Waals surface area contributed by atoms with Crippen molar-refractivity contribution in [1.82, 2.24) is 5.06 Å². The van der Waals surface area contributed by atoms with E-state index in [1.165, 1.54) is 68.9 Å². The fourth-order valence-corrected chi connectivity index (χ4v) is 4.22. The fraction of sp³-hybridized carbons (Fsp3) is 0.667. The zero-order valence-electron chi connectivity index (χ0n) is 20.7. The van der Waals surface area contributed by atoms with Crippen LogP contribution < -0.4 is 0 Å². The average Bonchev–Trinajstić information content (AvgIpc) is 2.73. The molecule has 0 radical (unpaired) electrons. The third kappa shape index (κ3) is 10.2. The first kappa shape index (κ1) is 29.7. The number of rotatable bonds is 16. The molecule has 0 N–H and O–H groups in total. The molecule has 0 amide bonds. The van der Waals surface area contributed by atoms with E-state index in [1.807, 2.05) is 12.0 Å². The van der Waals surface area contributed by atoms with E-state index >= 15 is 0 Å². The third-order valence-corrected chi connectivity index (χ3v) is 6.12. The number of nitrogens with zero attached hydrogens (tertiary/aromatic N) is 1. The Morgan fingerprint density at radius 3 is 1.97 bits per heavy atom. The SMILES string of the molecule is C=C(C)C(=O)ON(CC)C(C)(CCCCCCCCCCCC)c1ccccc1C.Cl. The Morgan fingerprint density at radius 2 is 1.48 bits per heavy atom. The van der Waals surface area contributed by atoms with Gasteiger partial charge in [-0.3, -0.25) is 0 Å². The van der Waals surface area contributed by atoms with E-state index in [9.17, 15) is 4.79 Å². The van der Waals surface area contributed by atoms with Crippen molar-refractivity contribution in [3.05, 3.63) is 47.5 Å².